The molecule has 1 aliphatic carbocycles. The molecule has 0 aliphatic heterocycles. The van der Waals surface area contributed by atoms with Gasteiger partial charge < -0.3 is 10.2 Å². The van der Waals surface area contributed by atoms with Crippen molar-refractivity contribution >= 4 is 24.3 Å². The molecule has 5 heteroatoms. The van der Waals surface area contributed by atoms with E-state index in [1.54, 1.807) is 0 Å². The third-order valence-electron chi connectivity index (χ3n) is 3.48. The fraction of sp³-hybridized carbons (Fsp3) is 0.692. The van der Waals surface area contributed by atoms with Crippen LogP contribution in [0.3, 0.4) is 0 Å². The molecule has 1 saturated carbocycles. The molecule has 0 amide bonds. The summed E-state index contributed by atoms with van der Waals surface area (Å²) in [6.45, 7) is 2.77. The predicted octanol–water partition coefficient (Wildman–Crippen LogP) is 2.51. The van der Waals surface area contributed by atoms with Crippen molar-refractivity contribution in [1.29, 1.82) is 0 Å². The van der Waals surface area contributed by atoms with Crippen molar-refractivity contribution in [2.75, 3.05) is 29.6 Å². The third kappa shape index (κ3) is 3.28. The Bertz CT molecular complexity index is 391. The number of aromatic nitrogens is 2. The monoisotopic (exact) mass is 266 g/mol. The Labute approximate surface area is 115 Å². The Morgan fingerprint density at radius 3 is 2.78 bits per heavy atom. The molecule has 1 N–H and O–H groups in total. The number of hydrogen-bond acceptors (Lipinski definition) is 5. The van der Waals surface area contributed by atoms with E-state index in [0.29, 0.717) is 6.04 Å². The molecule has 2 rings (SSSR count). The van der Waals surface area contributed by atoms with Crippen LogP contribution in [0, 0.1) is 6.92 Å². The average molecular weight is 266 g/mol. The van der Waals surface area contributed by atoms with Crippen LogP contribution < -0.4 is 10.2 Å². The first-order chi connectivity index (χ1) is 8.70. The quantitative estimate of drug-likeness (QED) is 0.804. The smallest absolute Gasteiger partial charge is 0.134 e. The van der Waals surface area contributed by atoms with Crippen molar-refractivity contribution < 1.29 is 0 Å². The Morgan fingerprint density at radius 2 is 2.11 bits per heavy atom. The molecule has 0 bridgehead atoms. The molecular weight excluding hydrogens is 244 g/mol. The maximum atomic E-state index is 4.54. The van der Waals surface area contributed by atoms with Crippen molar-refractivity contribution in [2.24, 2.45) is 0 Å². The van der Waals surface area contributed by atoms with Crippen molar-refractivity contribution in [3.05, 3.63) is 11.9 Å². The molecule has 0 saturated heterocycles. The Balaban J connectivity index is 2.13. The van der Waals surface area contributed by atoms with E-state index in [0.717, 1.165) is 29.8 Å². The van der Waals surface area contributed by atoms with Crippen molar-refractivity contribution in [2.45, 2.75) is 38.6 Å². The first-order valence-electron chi connectivity index (χ1n) is 6.64. The molecule has 1 aromatic heterocycles. The Kier molecular flexibility index (Phi) is 4.69. The fourth-order valence-corrected chi connectivity index (χ4v) is 2.60. The molecule has 18 heavy (non-hydrogen) atoms. The highest BCUT2D eigenvalue weighted by molar-refractivity contribution is 7.80. The Morgan fingerprint density at radius 1 is 1.39 bits per heavy atom. The maximum absolute atomic E-state index is 4.54. The Hall–Kier alpha value is -0.970. The number of nitrogens with zero attached hydrogens (tertiary/aromatic N) is 3. The highest BCUT2D eigenvalue weighted by atomic mass is 32.1. The second kappa shape index (κ2) is 6.27. The van der Waals surface area contributed by atoms with Crippen molar-refractivity contribution in [3.63, 3.8) is 0 Å². The van der Waals surface area contributed by atoms with E-state index >= 15 is 0 Å². The number of nitrogens with one attached hydrogen (secondary N) is 1. The second-order valence-corrected chi connectivity index (χ2v) is 5.31. The second-order valence-electron chi connectivity index (χ2n) is 4.86. The maximum Gasteiger partial charge on any atom is 0.134 e. The molecule has 1 heterocycles. The van der Waals surface area contributed by atoms with Gasteiger partial charge in [0, 0.05) is 31.5 Å². The minimum absolute atomic E-state index is 0.636. The molecule has 100 valence electrons. The van der Waals surface area contributed by atoms with Crippen LogP contribution in [0.5, 0.6) is 0 Å². The van der Waals surface area contributed by atoms with Gasteiger partial charge in [-0.3, -0.25) is 0 Å². The summed E-state index contributed by atoms with van der Waals surface area (Å²) in [6.07, 6.45) is 5.23. The van der Waals surface area contributed by atoms with Gasteiger partial charge in [-0.25, -0.2) is 9.97 Å². The zero-order valence-electron chi connectivity index (χ0n) is 11.2. The number of hydrogen-bond donors (Lipinski definition) is 2. The van der Waals surface area contributed by atoms with Crippen molar-refractivity contribution in [1.82, 2.24) is 9.97 Å². The summed E-state index contributed by atoms with van der Waals surface area (Å²) >= 11 is 4.20. The first kappa shape index (κ1) is 13.5. The summed E-state index contributed by atoms with van der Waals surface area (Å²) in [7, 11) is 2.14. The molecule has 4 nitrogen and oxygen atoms in total. The summed E-state index contributed by atoms with van der Waals surface area (Å²) < 4.78 is 0. The van der Waals surface area contributed by atoms with Gasteiger partial charge in [0.05, 0.1) is 0 Å². The highest BCUT2D eigenvalue weighted by Crippen LogP contribution is 2.26. The summed E-state index contributed by atoms with van der Waals surface area (Å²) in [5.41, 5.74) is 0. The molecule has 0 aromatic carbocycles. The lowest BCUT2D eigenvalue weighted by Crippen LogP contribution is -2.30. The molecular formula is C13H22N4S. The van der Waals surface area contributed by atoms with E-state index in [9.17, 15) is 0 Å². The minimum Gasteiger partial charge on any atom is -0.369 e. The molecule has 1 aromatic rings. The lowest BCUT2D eigenvalue weighted by molar-refractivity contribution is 0.644. The van der Waals surface area contributed by atoms with Gasteiger partial charge in [-0.1, -0.05) is 12.8 Å². The minimum atomic E-state index is 0.636. The van der Waals surface area contributed by atoms with Crippen molar-refractivity contribution in [3.8, 4) is 0 Å². The van der Waals surface area contributed by atoms with E-state index < -0.39 is 0 Å². The van der Waals surface area contributed by atoms with Gasteiger partial charge in [0.2, 0.25) is 0 Å². The standard InChI is InChI=1S/C13H22N4S/c1-10-15-12(14-7-8-18)9-13(16-10)17(2)11-5-3-4-6-11/h9,11,18H,3-8H2,1-2H3,(H,14,15,16). The van der Waals surface area contributed by atoms with Gasteiger partial charge in [0.15, 0.2) is 0 Å². The topological polar surface area (TPSA) is 41.1 Å². The molecule has 1 fully saturated rings. The lowest BCUT2D eigenvalue weighted by Gasteiger charge is -2.25. The normalized spacial score (nSPS) is 15.9. The van der Waals surface area contributed by atoms with Gasteiger partial charge in [-0.2, -0.15) is 12.6 Å². The largest absolute Gasteiger partial charge is 0.369 e. The van der Waals surface area contributed by atoms with E-state index in [2.05, 4.69) is 39.9 Å². The number of anilines is 2. The van der Waals surface area contributed by atoms with Crippen LogP contribution in [0.15, 0.2) is 6.07 Å². The molecule has 0 atom stereocenters. The van der Waals surface area contributed by atoms with Gasteiger partial charge in [-0.05, 0) is 19.8 Å². The molecule has 0 spiro atoms. The van der Waals surface area contributed by atoms with Crippen LogP contribution in [0.25, 0.3) is 0 Å². The summed E-state index contributed by atoms with van der Waals surface area (Å²) in [5, 5.41) is 3.27. The summed E-state index contributed by atoms with van der Waals surface area (Å²) in [5.74, 6) is 3.54. The van der Waals surface area contributed by atoms with Crippen LogP contribution in [-0.4, -0.2) is 35.4 Å². The fourth-order valence-electron chi connectivity index (χ4n) is 2.49. The van der Waals surface area contributed by atoms with E-state index in [1.165, 1.54) is 25.7 Å². The summed E-state index contributed by atoms with van der Waals surface area (Å²) in [4.78, 5) is 11.2. The van der Waals surface area contributed by atoms with Crippen LogP contribution in [0.1, 0.15) is 31.5 Å². The summed E-state index contributed by atoms with van der Waals surface area (Å²) in [6, 6.07) is 2.67. The SMILES string of the molecule is Cc1nc(NCCS)cc(N(C)C2CCCC2)n1. The number of aryl methyl sites for hydroxylation is 1. The van der Waals surface area contributed by atoms with Crippen LogP contribution in [-0.2, 0) is 0 Å². The van der Waals surface area contributed by atoms with E-state index in [-0.39, 0.29) is 0 Å². The number of thiol groups is 1. The highest BCUT2D eigenvalue weighted by Gasteiger charge is 2.21. The molecule has 1 aliphatic rings. The molecule has 0 radical (unpaired) electrons. The zero-order valence-corrected chi connectivity index (χ0v) is 12.1. The lowest BCUT2D eigenvalue weighted by atomic mass is 10.2. The third-order valence-corrected chi connectivity index (χ3v) is 3.70. The predicted molar refractivity (Wildman–Crippen MR) is 79.8 cm³/mol. The number of rotatable bonds is 5. The average Bonchev–Trinajstić information content (AvgIpc) is 2.88. The van der Waals surface area contributed by atoms with Gasteiger partial charge >= 0.3 is 0 Å². The van der Waals surface area contributed by atoms with E-state index in [4.69, 9.17) is 0 Å². The van der Waals surface area contributed by atoms with Gasteiger partial charge in [-0.15, -0.1) is 0 Å². The van der Waals surface area contributed by atoms with Crippen LogP contribution in [0.2, 0.25) is 0 Å². The van der Waals surface area contributed by atoms with E-state index in [1.807, 2.05) is 13.0 Å². The van der Waals surface area contributed by atoms with Gasteiger partial charge in [0.25, 0.3) is 0 Å². The zero-order chi connectivity index (χ0) is 13.0. The van der Waals surface area contributed by atoms with Crippen LogP contribution in [0.4, 0.5) is 11.6 Å². The first-order valence-corrected chi connectivity index (χ1v) is 7.27. The van der Waals surface area contributed by atoms with Crippen LogP contribution >= 0.6 is 12.6 Å². The molecule has 0 unspecified atom stereocenters. The van der Waals surface area contributed by atoms with Gasteiger partial charge in [0.1, 0.15) is 17.5 Å².